The molecule has 2 rings (SSSR count). The highest BCUT2D eigenvalue weighted by Crippen LogP contribution is 2.34. The van der Waals surface area contributed by atoms with Crippen LogP contribution in [0, 0.1) is 0 Å². The Morgan fingerprint density at radius 1 is 1.50 bits per heavy atom. The lowest BCUT2D eigenvalue weighted by Crippen LogP contribution is -2.40. The summed E-state index contributed by atoms with van der Waals surface area (Å²) in [6.45, 7) is 1.63. The predicted molar refractivity (Wildman–Crippen MR) is 77.9 cm³/mol. The van der Waals surface area contributed by atoms with Crippen LogP contribution >= 0.6 is 38.9 Å². The Bertz CT molecular complexity index is 490. The second kappa shape index (κ2) is 6.19. The first kappa shape index (κ1) is 14.7. The summed E-state index contributed by atoms with van der Waals surface area (Å²) in [6.07, 6.45) is 3.00. The molecule has 8 heteroatoms. The lowest BCUT2D eigenvalue weighted by Gasteiger charge is -2.15. The molecule has 0 spiro atoms. The lowest BCUT2D eigenvalue weighted by atomic mass is 10.2. The fraction of sp³-hybridized carbons (Fsp3) is 0.600. The van der Waals surface area contributed by atoms with Gasteiger partial charge in [-0.1, -0.05) is 18.0 Å². The van der Waals surface area contributed by atoms with Crippen molar-refractivity contribution in [3.8, 4) is 0 Å². The van der Waals surface area contributed by atoms with E-state index in [4.69, 9.17) is 11.6 Å². The van der Waals surface area contributed by atoms with E-state index in [0.717, 1.165) is 37.1 Å². The molecule has 1 aromatic heterocycles. The Morgan fingerprint density at radius 2 is 2.28 bits per heavy atom. The Kier molecular flexibility index (Phi) is 5.07. The Balaban J connectivity index is 2.11. The topological polar surface area (TPSA) is 58.2 Å². The molecule has 0 amide bonds. The highest BCUT2D eigenvalue weighted by Gasteiger charge is 2.23. The second-order valence-electron chi connectivity index (χ2n) is 4.21. The van der Waals surface area contributed by atoms with E-state index in [1.165, 1.54) is 6.07 Å². The van der Waals surface area contributed by atoms with Gasteiger partial charge in [-0.05, 0) is 41.4 Å². The first-order chi connectivity index (χ1) is 8.49. The maximum atomic E-state index is 12.2. The standard InChI is InChI=1S/C10H14BrClN2O2S2/c11-10-8(12)5-9(17-10)18(15,16)14-7-3-1-2-4-13-6-7/h5,7,13-14H,1-4,6H2. The smallest absolute Gasteiger partial charge is 0.250 e. The zero-order valence-electron chi connectivity index (χ0n) is 9.58. The number of hydrogen-bond acceptors (Lipinski definition) is 4. The van der Waals surface area contributed by atoms with Crippen LogP contribution in [0.15, 0.2) is 14.1 Å². The highest BCUT2D eigenvalue weighted by atomic mass is 79.9. The molecule has 1 aliphatic rings. The van der Waals surface area contributed by atoms with Crippen LogP contribution in [0.25, 0.3) is 0 Å². The van der Waals surface area contributed by atoms with Crippen molar-refractivity contribution in [3.05, 3.63) is 14.9 Å². The fourth-order valence-corrected chi connectivity index (χ4v) is 5.54. The van der Waals surface area contributed by atoms with Crippen molar-refractivity contribution in [2.45, 2.75) is 29.5 Å². The summed E-state index contributed by atoms with van der Waals surface area (Å²) in [4.78, 5) is 0. The summed E-state index contributed by atoms with van der Waals surface area (Å²) in [5.41, 5.74) is 0. The predicted octanol–water partition coefficient (Wildman–Crippen LogP) is 2.58. The summed E-state index contributed by atoms with van der Waals surface area (Å²) in [5.74, 6) is 0. The number of thiophene rings is 1. The van der Waals surface area contributed by atoms with Gasteiger partial charge in [-0.15, -0.1) is 11.3 Å². The summed E-state index contributed by atoms with van der Waals surface area (Å²) in [5, 5.41) is 3.66. The van der Waals surface area contributed by atoms with Gasteiger partial charge in [0.2, 0.25) is 10.0 Å². The van der Waals surface area contributed by atoms with Gasteiger partial charge in [0.1, 0.15) is 4.21 Å². The van der Waals surface area contributed by atoms with E-state index in [0.29, 0.717) is 15.4 Å². The zero-order valence-corrected chi connectivity index (χ0v) is 13.6. The van der Waals surface area contributed by atoms with Gasteiger partial charge in [-0.25, -0.2) is 13.1 Å². The number of hydrogen-bond donors (Lipinski definition) is 2. The van der Waals surface area contributed by atoms with Crippen LogP contribution < -0.4 is 10.0 Å². The molecule has 4 nitrogen and oxygen atoms in total. The van der Waals surface area contributed by atoms with E-state index in [2.05, 4.69) is 26.0 Å². The zero-order chi connectivity index (χ0) is 13.2. The van der Waals surface area contributed by atoms with Crippen molar-refractivity contribution in [1.29, 1.82) is 0 Å². The quantitative estimate of drug-likeness (QED) is 0.856. The largest absolute Gasteiger partial charge is 0.315 e. The number of rotatable bonds is 3. The molecule has 1 aromatic rings. The third-order valence-corrected chi connectivity index (χ3v) is 7.22. The van der Waals surface area contributed by atoms with Crippen molar-refractivity contribution >= 4 is 48.9 Å². The van der Waals surface area contributed by atoms with Crippen LogP contribution in [0.4, 0.5) is 0 Å². The van der Waals surface area contributed by atoms with E-state index in [1.807, 2.05) is 0 Å². The van der Waals surface area contributed by atoms with Gasteiger partial charge in [0.15, 0.2) is 0 Å². The molecular formula is C10H14BrClN2O2S2. The third kappa shape index (κ3) is 3.68. The van der Waals surface area contributed by atoms with Crippen molar-refractivity contribution in [1.82, 2.24) is 10.0 Å². The van der Waals surface area contributed by atoms with E-state index in [1.54, 1.807) is 0 Å². The molecule has 18 heavy (non-hydrogen) atoms. The molecule has 0 bridgehead atoms. The molecule has 102 valence electrons. The Hall–Kier alpha value is 0.340. The SMILES string of the molecule is O=S(=O)(NC1CCCCNC1)c1cc(Cl)c(Br)s1. The molecule has 0 aromatic carbocycles. The van der Waals surface area contributed by atoms with Gasteiger partial charge in [0.25, 0.3) is 0 Å². The molecule has 1 fully saturated rings. The monoisotopic (exact) mass is 372 g/mol. The van der Waals surface area contributed by atoms with E-state index in [9.17, 15) is 8.42 Å². The average Bonchev–Trinajstić information content (AvgIpc) is 2.53. The van der Waals surface area contributed by atoms with Crippen LogP contribution in [0.2, 0.25) is 5.02 Å². The minimum Gasteiger partial charge on any atom is -0.315 e. The number of sulfonamides is 1. The highest BCUT2D eigenvalue weighted by molar-refractivity contribution is 9.11. The van der Waals surface area contributed by atoms with Crippen LogP contribution in [-0.2, 0) is 10.0 Å². The van der Waals surface area contributed by atoms with Crippen LogP contribution in [0.3, 0.4) is 0 Å². The molecule has 0 aliphatic carbocycles. The van der Waals surface area contributed by atoms with Gasteiger partial charge < -0.3 is 5.32 Å². The minimum absolute atomic E-state index is 0.0443. The average molecular weight is 374 g/mol. The van der Waals surface area contributed by atoms with Crippen LogP contribution in [0.1, 0.15) is 19.3 Å². The first-order valence-electron chi connectivity index (χ1n) is 5.67. The minimum atomic E-state index is -3.46. The normalized spacial score (nSPS) is 21.8. The molecule has 1 saturated heterocycles. The summed E-state index contributed by atoms with van der Waals surface area (Å²) in [7, 11) is -3.46. The van der Waals surface area contributed by atoms with E-state index in [-0.39, 0.29) is 10.3 Å². The van der Waals surface area contributed by atoms with Gasteiger partial charge in [-0.2, -0.15) is 0 Å². The number of nitrogens with one attached hydrogen (secondary N) is 2. The second-order valence-corrected chi connectivity index (χ2v) is 8.92. The van der Waals surface area contributed by atoms with Crippen molar-refractivity contribution in [2.24, 2.45) is 0 Å². The first-order valence-corrected chi connectivity index (χ1v) is 9.14. The summed E-state index contributed by atoms with van der Waals surface area (Å²) < 4.78 is 28.0. The lowest BCUT2D eigenvalue weighted by molar-refractivity contribution is 0.522. The molecule has 1 unspecified atom stereocenters. The number of halogens is 2. The molecule has 1 atom stereocenters. The van der Waals surface area contributed by atoms with Crippen molar-refractivity contribution < 1.29 is 8.42 Å². The fourth-order valence-electron chi connectivity index (χ4n) is 1.86. The third-order valence-electron chi connectivity index (χ3n) is 2.76. The maximum Gasteiger partial charge on any atom is 0.250 e. The Morgan fingerprint density at radius 3 is 2.94 bits per heavy atom. The molecule has 0 saturated carbocycles. The van der Waals surface area contributed by atoms with E-state index < -0.39 is 10.0 Å². The maximum absolute atomic E-state index is 12.2. The Labute approximate surface area is 124 Å². The molecular weight excluding hydrogens is 360 g/mol. The molecule has 1 aliphatic heterocycles. The molecule has 0 radical (unpaired) electrons. The van der Waals surface area contributed by atoms with Crippen LogP contribution in [0.5, 0.6) is 0 Å². The van der Waals surface area contributed by atoms with E-state index >= 15 is 0 Å². The van der Waals surface area contributed by atoms with Crippen LogP contribution in [-0.4, -0.2) is 27.5 Å². The van der Waals surface area contributed by atoms with Gasteiger partial charge in [-0.3, -0.25) is 0 Å². The van der Waals surface area contributed by atoms with Gasteiger partial charge in [0.05, 0.1) is 8.81 Å². The molecule has 2 heterocycles. The van der Waals surface area contributed by atoms with Gasteiger partial charge >= 0.3 is 0 Å². The van der Waals surface area contributed by atoms with Gasteiger partial charge in [0, 0.05) is 12.6 Å². The van der Waals surface area contributed by atoms with Crippen molar-refractivity contribution in [3.63, 3.8) is 0 Å². The van der Waals surface area contributed by atoms with Crippen molar-refractivity contribution in [2.75, 3.05) is 13.1 Å². The summed E-state index contributed by atoms with van der Waals surface area (Å²) >= 11 is 10.2. The molecule has 2 N–H and O–H groups in total. The summed E-state index contributed by atoms with van der Waals surface area (Å²) in [6, 6.07) is 1.43.